The summed E-state index contributed by atoms with van der Waals surface area (Å²) in [5.41, 5.74) is 1.66. The van der Waals surface area contributed by atoms with E-state index in [9.17, 15) is 4.79 Å². The Hall–Kier alpha value is -0.770. The molecule has 0 saturated carbocycles. The summed E-state index contributed by atoms with van der Waals surface area (Å²) in [6.45, 7) is 3.68. The monoisotopic (exact) mass is 274 g/mol. The van der Waals surface area contributed by atoms with Gasteiger partial charge in [0.05, 0.1) is 6.04 Å². The van der Waals surface area contributed by atoms with Crippen molar-refractivity contribution in [2.24, 2.45) is 0 Å². The van der Waals surface area contributed by atoms with Crippen molar-refractivity contribution in [3.8, 4) is 0 Å². The number of benzene rings is 1. The van der Waals surface area contributed by atoms with E-state index in [1.807, 2.05) is 20.0 Å². The van der Waals surface area contributed by atoms with E-state index < -0.39 is 0 Å². The smallest absolute Gasteiger partial charge is 0.254 e. The van der Waals surface area contributed by atoms with E-state index in [0.717, 1.165) is 24.2 Å². The normalized spacial score (nSPS) is 14.8. The van der Waals surface area contributed by atoms with Crippen LogP contribution in [0.25, 0.3) is 0 Å². The zero-order valence-corrected chi connectivity index (χ0v) is 11.4. The highest BCUT2D eigenvalue weighted by Crippen LogP contribution is 2.17. The molecule has 0 spiro atoms. The van der Waals surface area contributed by atoms with Gasteiger partial charge in [-0.1, -0.05) is 11.6 Å². The molecule has 0 aromatic heterocycles. The minimum Gasteiger partial charge on any atom is -0.336 e. The standard InChI is InChI=1S/C12H15ClN2O.ClH/c1-8-5-9(13)3-4-11(8)12(16)15(2)10-6-14-7-10;/h3-5,10,14H,6-7H2,1-2H3;1H. The van der Waals surface area contributed by atoms with Gasteiger partial charge in [-0.05, 0) is 30.7 Å². The first-order valence-corrected chi connectivity index (χ1v) is 5.71. The lowest BCUT2D eigenvalue weighted by atomic mass is 10.1. The molecule has 1 aliphatic heterocycles. The highest BCUT2D eigenvalue weighted by Gasteiger charge is 2.26. The third-order valence-electron chi connectivity index (χ3n) is 3.05. The van der Waals surface area contributed by atoms with Crippen LogP contribution in [-0.4, -0.2) is 37.0 Å². The number of amides is 1. The molecule has 5 heteroatoms. The van der Waals surface area contributed by atoms with Gasteiger partial charge in [0.2, 0.25) is 0 Å². The third kappa shape index (κ3) is 2.92. The Kier molecular flexibility index (Phi) is 4.80. The van der Waals surface area contributed by atoms with Crippen LogP contribution in [0.15, 0.2) is 18.2 Å². The van der Waals surface area contributed by atoms with Crippen LogP contribution in [0.3, 0.4) is 0 Å². The van der Waals surface area contributed by atoms with Gasteiger partial charge in [0, 0.05) is 30.7 Å². The molecule has 0 atom stereocenters. The maximum atomic E-state index is 12.2. The average molecular weight is 275 g/mol. The number of rotatable bonds is 2. The van der Waals surface area contributed by atoms with Crippen molar-refractivity contribution in [3.05, 3.63) is 34.3 Å². The summed E-state index contributed by atoms with van der Waals surface area (Å²) in [7, 11) is 1.85. The SMILES string of the molecule is Cc1cc(Cl)ccc1C(=O)N(C)C1CNC1.Cl. The van der Waals surface area contributed by atoms with Gasteiger partial charge in [-0.2, -0.15) is 0 Å². The fourth-order valence-corrected chi connectivity index (χ4v) is 2.00. The summed E-state index contributed by atoms with van der Waals surface area (Å²) in [4.78, 5) is 14.0. The lowest BCUT2D eigenvalue weighted by Gasteiger charge is -2.35. The molecule has 1 aromatic rings. The van der Waals surface area contributed by atoms with E-state index in [1.165, 1.54) is 0 Å². The number of likely N-dealkylation sites (N-methyl/N-ethyl adjacent to an activating group) is 1. The summed E-state index contributed by atoms with van der Waals surface area (Å²) in [5, 5.41) is 3.83. The molecule has 0 unspecified atom stereocenters. The second kappa shape index (κ2) is 5.71. The predicted molar refractivity (Wildman–Crippen MR) is 72.2 cm³/mol. The minimum atomic E-state index is 0. The number of carbonyl (C=O) groups is 1. The van der Waals surface area contributed by atoms with Crippen LogP contribution < -0.4 is 5.32 Å². The Balaban J connectivity index is 0.00000144. The van der Waals surface area contributed by atoms with Crippen molar-refractivity contribution < 1.29 is 4.79 Å². The molecular formula is C12H16Cl2N2O. The van der Waals surface area contributed by atoms with Crippen molar-refractivity contribution in [2.45, 2.75) is 13.0 Å². The first-order valence-electron chi connectivity index (χ1n) is 5.33. The Bertz CT molecular complexity index is 419. The van der Waals surface area contributed by atoms with E-state index in [0.29, 0.717) is 11.1 Å². The first kappa shape index (κ1) is 14.3. The van der Waals surface area contributed by atoms with Crippen molar-refractivity contribution in [3.63, 3.8) is 0 Å². The predicted octanol–water partition coefficient (Wildman–Crippen LogP) is 2.11. The van der Waals surface area contributed by atoms with Crippen LogP contribution in [0.4, 0.5) is 0 Å². The van der Waals surface area contributed by atoms with E-state index in [4.69, 9.17) is 11.6 Å². The molecule has 1 N–H and O–H groups in total. The van der Waals surface area contributed by atoms with Crippen LogP contribution in [0.5, 0.6) is 0 Å². The quantitative estimate of drug-likeness (QED) is 0.896. The lowest BCUT2D eigenvalue weighted by Crippen LogP contribution is -2.57. The van der Waals surface area contributed by atoms with Crippen LogP contribution in [0.2, 0.25) is 5.02 Å². The Morgan fingerprint density at radius 1 is 1.47 bits per heavy atom. The topological polar surface area (TPSA) is 32.3 Å². The Morgan fingerprint density at radius 2 is 2.12 bits per heavy atom. The number of nitrogens with one attached hydrogen (secondary N) is 1. The Labute approximate surface area is 113 Å². The largest absolute Gasteiger partial charge is 0.336 e. The van der Waals surface area contributed by atoms with Gasteiger partial charge >= 0.3 is 0 Å². The summed E-state index contributed by atoms with van der Waals surface area (Å²) in [5.74, 6) is 0.0701. The molecule has 0 aliphatic carbocycles. The first-order chi connectivity index (χ1) is 7.59. The second-order valence-electron chi connectivity index (χ2n) is 4.19. The van der Waals surface area contributed by atoms with Gasteiger partial charge in [-0.15, -0.1) is 12.4 Å². The summed E-state index contributed by atoms with van der Waals surface area (Å²) >= 11 is 5.87. The van der Waals surface area contributed by atoms with Gasteiger partial charge in [0.1, 0.15) is 0 Å². The van der Waals surface area contributed by atoms with Crippen molar-refractivity contribution in [2.75, 3.05) is 20.1 Å². The zero-order valence-electron chi connectivity index (χ0n) is 9.87. The molecule has 1 aromatic carbocycles. The molecule has 1 heterocycles. The summed E-state index contributed by atoms with van der Waals surface area (Å²) in [6.07, 6.45) is 0. The number of nitrogens with zero attached hydrogens (tertiary/aromatic N) is 1. The lowest BCUT2D eigenvalue weighted by molar-refractivity contribution is 0.0680. The Morgan fingerprint density at radius 3 is 2.59 bits per heavy atom. The van der Waals surface area contributed by atoms with Gasteiger partial charge < -0.3 is 10.2 Å². The van der Waals surface area contributed by atoms with Gasteiger partial charge in [-0.25, -0.2) is 0 Å². The summed E-state index contributed by atoms with van der Waals surface area (Å²) < 4.78 is 0. The van der Waals surface area contributed by atoms with Crippen LogP contribution in [0.1, 0.15) is 15.9 Å². The van der Waals surface area contributed by atoms with E-state index >= 15 is 0 Å². The molecule has 1 saturated heterocycles. The molecule has 1 fully saturated rings. The van der Waals surface area contributed by atoms with Crippen molar-refractivity contribution in [1.82, 2.24) is 10.2 Å². The fraction of sp³-hybridized carbons (Fsp3) is 0.417. The van der Waals surface area contributed by atoms with Crippen LogP contribution in [0, 0.1) is 6.92 Å². The van der Waals surface area contributed by atoms with E-state index in [-0.39, 0.29) is 18.3 Å². The van der Waals surface area contributed by atoms with E-state index in [2.05, 4.69) is 5.32 Å². The highest BCUT2D eigenvalue weighted by molar-refractivity contribution is 6.30. The molecule has 3 nitrogen and oxygen atoms in total. The number of halogens is 2. The van der Waals surface area contributed by atoms with Crippen LogP contribution in [-0.2, 0) is 0 Å². The maximum absolute atomic E-state index is 12.2. The summed E-state index contributed by atoms with van der Waals surface area (Å²) in [6, 6.07) is 5.70. The van der Waals surface area contributed by atoms with Gasteiger partial charge in [0.25, 0.3) is 5.91 Å². The molecular weight excluding hydrogens is 259 g/mol. The van der Waals surface area contributed by atoms with Crippen molar-refractivity contribution in [1.29, 1.82) is 0 Å². The molecule has 94 valence electrons. The number of aryl methyl sites for hydroxylation is 1. The number of hydrogen-bond donors (Lipinski definition) is 1. The maximum Gasteiger partial charge on any atom is 0.254 e. The molecule has 17 heavy (non-hydrogen) atoms. The fourth-order valence-electron chi connectivity index (χ4n) is 1.77. The second-order valence-corrected chi connectivity index (χ2v) is 4.62. The molecule has 2 rings (SSSR count). The highest BCUT2D eigenvalue weighted by atomic mass is 35.5. The van der Waals surface area contributed by atoms with Crippen LogP contribution >= 0.6 is 24.0 Å². The van der Waals surface area contributed by atoms with Gasteiger partial charge in [-0.3, -0.25) is 4.79 Å². The third-order valence-corrected chi connectivity index (χ3v) is 3.28. The minimum absolute atomic E-state index is 0. The molecule has 1 amide bonds. The van der Waals surface area contributed by atoms with E-state index in [1.54, 1.807) is 17.0 Å². The molecule has 1 aliphatic rings. The number of carbonyl (C=O) groups excluding carboxylic acids is 1. The molecule has 0 radical (unpaired) electrons. The average Bonchev–Trinajstić information content (AvgIpc) is 2.14. The number of hydrogen-bond acceptors (Lipinski definition) is 2. The molecule has 0 bridgehead atoms. The zero-order chi connectivity index (χ0) is 11.7. The van der Waals surface area contributed by atoms with Gasteiger partial charge in [0.15, 0.2) is 0 Å². The van der Waals surface area contributed by atoms with Crippen molar-refractivity contribution >= 4 is 29.9 Å².